The topological polar surface area (TPSA) is 57.4 Å². The van der Waals surface area contributed by atoms with Crippen molar-refractivity contribution in [3.8, 4) is 23.5 Å². The largest absolute Gasteiger partial charge is 0.309 e. The molecule has 0 N–H and O–H groups in total. The van der Waals surface area contributed by atoms with Gasteiger partial charge in [0.25, 0.3) is 0 Å². The molecule has 8 aromatic rings. The van der Waals surface area contributed by atoms with E-state index >= 15 is 0 Å². The van der Waals surface area contributed by atoms with E-state index in [1.807, 2.05) is 24.3 Å². The van der Waals surface area contributed by atoms with Gasteiger partial charge in [0.1, 0.15) is 0 Å². The Hall–Kier alpha value is -6.62. The van der Waals surface area contributed by atoms with E-state index < -0.39 is 0 Å². The van der Waals surface area contributed by atoms with Gasteiger partial charge in [0.15, 0.2) is 0 Å². The minimum atomic E-state index is -0.151. The zero-order chi connectivity index (χ0) is 32.2. The van der Waals surface area contributed by atoms with Crippen LogP contribution in [0.2, 0.25) is 0 Å². The summed E-state index contributed by atoms with van der Waals surface area (Å²) in [5.74, 6) is -0.151. The molecule has 0 bridgehead atoms. The lowest BCUT2D eigenvalue weighted by molar-refractivity contribution is 0.815. The van der Waals surface area contributed by atoms with Crippen molar-refractivity contribution in [3.63, 3.8) is 0 Å². The summed E-state index contributed by atoms with van der Waals surface area (Å²) in [5, 5.41) is 25.3. The third-order valence-corrected chi connectivity index (χ3v) is 9.76. The van der Waals surface area contributed by atoms with E-state index in [2.05, 4.69) is 149 Å². The summed E-state index contributed by atoms with van der Waals surface area (Å²) < 4.78 is 4.58. The molecule has 1 aliphatic carbocycles. The number of nitriles is 2. The van der Waals surface area contributed by atoms with Crippen LogP contribution >= 0.6 is 0 Å². The molecule has 0 saturated carbocycles. The van der Waals surface area contributed by atoms with Gasteiger partial charge in [0.2, 0.25) is 0 Å². The van der Waals surface area contributed by atoms with Gasteiger partial charge in [0, 0.05) is 38.7 Å². The molecule has 2 aromatic heterocycles. The van der Waals surface area contributed by atoms with E-state index in [1.54, 1.807) is 0 Å². The van der Waals surface area contributed by atoms with Crippen LogP contribution in [0, 0.1) is 22.7 Å². The summed E-state index contributed by atoms with van der Waals surface area (Å²) in [7, 11) is 0. The SMILES string of the molecule is N#CC1=CC(c2cccc(-n3c4ccccc4c4ccccc43)c2)=CCC1c1ccc(C#N)cc1-n1c2ccccc2c2ccccc21. The molecule has 4 heteroatoms. The Bertz CT molecular complexity index is 2630. The molecule has 1 unspecified atom stereocenters. The molecular formula is C44H28N4. The number of aromatic nitrogens is 2. The van der Waals surface area contributed by atoms with Gasteiger partial charge in [-0.1, -0.05) is 97.1 Å². The van der Waals surface area contributed by atoms with Crippen molar-refractivity contribution in [3.05, 3.63) is 174 Å². The molecule has 2 heterocycles. The van der Waals surface area contributed by atoms with Gasteiger partial charge in [-0.05, 0) is 77.7 Å². The van der Waals surface area contributed by atoms with E-state index in [4.69, 9.17) is 0 Å². The average molecular weight is 613 g/mol. The molecule has 6 aromatic carbocycles. The summed E-state index contributed by atoms with van der Waals surface area (Å²) in [4.78, 5) is 0. The van der Waals surface area contributed by atoms with Crippen molar-refractivity contribution in [2.45, 2.75) is 12.3 Å². The number of para-hydroxylation sites is 4. The van der Waals surface area contributed by atoms with Crippen LogP contribution in [0.25, 0.3) is 60.6 Å². The lowest BCUT2D eigenvalue weighted by Crippen LogP contribution is -2.10. The smallest absolute Gasteiger partial charge is 0.0992 e. The van der Waals surface area contributed by atoms with Crippen molar-refractivity contribution >= 4 is 49.2 Å². The van der Waals surface area contributed by atoms with E-state index in [1.165, 1.54) is 21.8 Å². The second-order valence-electron chi connectivity index (χ2n) is 12.3. The first kappa shape index (κ1) is 27.7. The number of hydrogen-bond donors (Lipinski definition) is 0. The number of allylic oxidation sites excluding steroid dienone is 4. The Morgan fingerprint density at radius 2 is 1.10 bits per heavy atom. The van der Waals surface area contributed by atoms with Crippen LogP contribution in [0.3, 0.4) is 0 Å². The molecule has 224 valence electrons. The maximum Gasteiger partial charge on any atom is 0.0992 e. The molecule has 9 rings (SSSR count). The Morgan fingerprint density at radius 3 is 1.67 bits per heavy atom. The summed E-state index contributed by atoms with van der Waals surface area (Å²) >= 11 is 0. The fourth-order valence-corrected chi connectivity index (χ4v) is 7.61. The average Bonchev–Trinajstić information content (AvgIpc) is 3.67. The fraction of sp³-hybridized carbons (Fsp3) is 0.0455. The lowest BCUT2D eigenvalue weighted by atomic mass is 9.81. The highest BCUT2D eigenvalue weighted by Gasteiger charge is 2.26. The Morgan fingerprint density at radius 1 is 0.542 bits per heavy atom. The first-order valence-electron chi connectivity index (χ1n) is 16.2. The summed E-state index contributed by atoms with van der Waals surface area (Å²) in [5.41, 5.74) is 10.9. The van der Waals surface area contributed by atoms with Gasteiger partial charge in [-0.25, -0.2) is 0 Å². The highest BCUT2D eigenvalue weighted by Crippen LogP contribution is 2.42. The van der Waals surface area contributed by atoms with Gasteiger partial charge in [0.05, 0.1) is 45.5 Å². The van der Waals surface area contributed by atoms with Crippen LogP contribution in [0.1, 0.15) is 29.0 Å². The minimum absolute atomic E-state index is 0.151. The molecule has 4 nitrogen and oxygen atoms in total. The van der Waals surface area contributed by atoms with Crippen LogP contribution in [-0.2, 0) is 0 Å². The second kappa shape index (κ2) is 11.0. The van der Waals surface area contributed by atoms with Crippen LogP contribution in [-0.4, -0.2) is 9.13 Å². The summed E-state index contributed by atoms with van der Waals surface area (Å²) in [6.45, 7) is 0. The van der Waals surface area contributed by atoms with Crippen molar-refractivity contribution in [1.82, 2.24) is 9.13 Å². The van der Waals surface area contributed by atoms with Gasteiger partial charge >= 0.3 is 0 Å². The number of benzene rings is 6. The number of hydrogen-bond acceptors (Lipinski definition) is 2. The molecule has 48 heavy (non-hydrogen) atoms. The highest BCUT2D eigenvalue weighted by atomic mass is 15.0. The zero-order valence-electron chi connectivity index (χ0n) is 26.0. The van der Waals surface area contributed by atoms with E-state index in [0.717, 1.165) is 49.9 Å². The van der Waals surface area contributed by atoms with E-state index in [9.17, 15) is 10.5 Å². The lowest BCUT2D eigenvalue weighted by Gasteiger charge is -2.24. The van der Waals surface area contributed by atoms with E-state index in [0.29, 0.717) is 17.6 Å². The third kappa shape index (κ3) is 4.21. The number of fused-ring (bicyclic) bond motifs is 6. The summed E-state index contributed by atoms with van der Waals surface area (Å²) in [6, 6.07) is 53.2. The van der Waals surface area contributed by atoms with E-state index in [-0.39, 0.29) is 5.92 Å². The molecule has 1 aliphatic rings. The van der Waals surface area contributed by atoms with Crippen LogP contribution in [0.4, 0.5) is 0 Å². The van der Waals surface area contributed by atoms with Gasteiger partial charge in [-0.2, -0.15) is 10.5 Å². The Kier molecular flexibility index (Phi) is 6.35. The maximum absolute atomic E-state index is 10.6. The molecule has 0 saturated heterocycles. The van der Waals surface area contributed by atoms with Crippen molar-refractivity contribution in [2.24, 2.45) is 0 Å². The predicted octanol–water partition coefficient (Wildman–Crippen LogP) is 10.8. The zero-order valence-corrected chi connectivity index (χ0v) is 26.0. The molecule has 1 atom stereocenters. The Labute approximate surface area is 277 Å². The second-order valence-corrected chi connectivity index (χ2v) is 12.3. The van der Waals surface area contributed by atoms with Crippen LogP contribution in [0.15, 0.2) is 157 Å². The molecular weight excluding hydrogens is 585 g/mol. The maximum atomic E-state index is 10.6. The first-order chi connectivity index (χ1) is 23.7. The van der Waals surface area contributed by atoms with Gasteiger partial charge in [-0.15, -0.1) is 0 Å². The van der Waals surface area contributed by atoms with Gasteiger partial charge < -0.3 is 9.13 Å². The molecule has 0 spiro atoms. The van der Waals surface area contributed by atoms with Crippen molar-refractivity contribution in [1.29, 1.82) is 10.5 Å². The minimum Gasteiger partial charge on any atom is -0.309 e. The molecule has 0 amide bonds. The molecule has 0 radical (unpaired) electrons. The van der Waals surface area contributed by atoms with Crippen LogP contribution in [0.5, 0.6) is 0 Å². The fourth-order valence-electron chi connectivity index (χ4n) is 7.61. The normalized spacial score (nSPS) is 14.6. The molecule has 0 fully saturated rings. The van der Waals surface area contributed by atoms with Crippen molar-refractivity contribution < 1.29 is 0 Å². The standard InChI is InChI=1S/C44H28N4/c45-27-29-20-22-39(44(24-29)48-42-18-7-3-14-37(42)38-15-4-8-19-43(38)48)34-23-21-31(25-32(34)28-46)30-10-9-11-33(26-30)47-40-16-5-1-12-35(40)36-13-2-6-17-41(36)47/h1-22,24-26,34H,23H2. The number of rotatable bonds is 4. The Balaban J connectivity index is 1.16. The highest BCUT2D eigenvalue weighted by molar-refractivity contribution is 6.10. The molecule has 0 aliphatic heterocycles. The third-order valence-electron chi connectivity index (χ3n) is 9.76. The first-order valence-corrected chi connectivity index (χ1v) is 16.2. The predicted molar refractivity (Wildman–Crippen MR) is 195 cm³/mol. The van der Waals surface area contributed by atoms with Crippen molar-refractivity contribution in [2.75, 3.05) is 0 Å². The summed E-state index contributed by atoms with van der Waals surface area (Å²) in [6.07, 6.45) is 4.97. The quantitative estimate of drug-likeness (QED) is 0.199. The number of nitrogens with zero attached hydrogens (tertiary/aromatic N) is 4. The monoisotopic (exact) mass is 612 g/mol. The van der Waals surface area contributed by atoms with Crippen LogP contribution < -0.4 is 0 Å². The van der Waals surface area contributed by atoms with Gasteiger partial charge in [-0.3, -0.25) is 0 Å².